The SMILES string of the molecule is O=C(CSc1ncnc2ccsc12)NC1CCCCC1. The quantitative estimate of drug-likeness (QED) is 0.696. The van der Waals surface area contributed by atoms with Crippen LogP contribution in [0.5, 0.6) is 0 Å². The van der Waals surface area contributed by atoms with Crippen molar-refractivity contribution >= 4 is 39.2 Å². The number of nitrogens with one attached hydrogen (secondary N) is 1. The van der Waals surface area contributed by atoms with E-state index in [0.29, 0.717) is 11.8 Å². The molecule has 0 bridgehead atoms. The molecule has 2 aromatic rings. The molecule has 0 radical (unpaired) electrons. The highest BCUT2D eigenvalue weighted by Gasteiger charge is 2.16. The Kier molecular flexibility index (Phi) is 4.52. The van der Waals surface area contributed by atoms with Gasteiger partial charge in [0.05, 0.1) is 16.0 Å². The van der Waals surface area contributed by atoms with Gasteiger partial charge in [-0.25, -0.2) is 9.97 Å². The maximum atomic E-state index is 12.0. The van der Waals surface area contributed by atoms with Crippen molar-refractivity contribution in [3.8, 4) is 0 Å². The number of fused-ring (bicyclic) bond motifs is 1. The number of hydrogen-bond acceptors (Lipinski definition) is 5. The van der Waals surface area contributed by atoms with Crippen LogP contribution in [-0.4, -0.2) is 27.7 Å². The van der Waals surface area contributed by atoms with Gasteiger partial charge in [-0.1, -0.05) is 31.0 Å². The smallest absolute Gasteiger partial charge is 0.230 e. The van der Waals surface area contributed by atoms with Gasteiger partial charge in [-0.3, -0.25) is 4.79 Å². The summed E-state index contributed by atoms with van der Waals surface area (Å²) in [6, 6.07) is 2.36. The Morgan fingerprint density at radius 3 is 3.05 bits per heavy atom. The molecule has 0 unspecified atom stereocenters. The first kappa shape index (κ1) is 13.8. The zero-order chi connectivity index (χ0) is 13.8. The largest absolute Gasteiger partial charge is 0.353 e. The van der Waals surface area contributed by atoms with Crippen LogP contribution in [-0.2, 0) is 4.79 Å². The fraction of sp³-hybridized carbons (Fsp3) is 0.500. The third-order valence-electron chi connectivity index (χ3n) is 3.52. The molecule has 3 rings (SSSR count). The lowest BCUT2D eigenvalue weighted by molar-refractivity contribution is -0.119. The van der Waals surface area contributed by atoms with Gasteiger partial charge in [0.25, 0.3) is 0 Å². The number of carbonyl (C=O) groups is 1. The Labute approximate surface area is 126 Å². The second kappa shape index (κ2) is 6.54. The Hall–Kier alpha value is -1.14. The normalized spacial score (nSPS) is 16.4. The van der Waals surface area contributed by atoms with E-state index >= 15 is 0 Å². The van der Waals surface area contributed by atoms with E-state index in [4.69, 9.17) is 0 Å². The van der Waals surface area contributed by atoms with Gasteiger partial charge in [0.15, 0.2) is 0 Å². The molecule has 6 heteroatoms. The summed E-state index contributed by atoms with van der Waals surface area (Å²) in [7, 11) is 0. The van der Waals surface area contributed by atoms with Gasteiger partial charge in [0.1, 0.15) is 11.4 Å². The van der Waals surface area contributed by atoms with Gasteiger partial charge < -0.3 is 5.32 Å². The Bertz CT molecular complexity index is 593. The van der Waals surface area contributed by atoms with Gasteiger partial charge in [0, 0.05) is 6.04 Å². The molecule has 4 nitrogen and oxygen atoms in total. The van der Waals surface area contributed by atoms with E-state index in [1.165, 1.54) is 31.0 Å². The third kappa shape index (κ3) is 3.30. The number of nitrogens with zero attached hydrogens (tertiary/aromatic N) is 2. The molecule has 20 heavy (non-hydrogen) atoms. The maximum absolute atomic E-state index is 12.0. The monoisotopic (exact) mass is 307 g/mol. The molecule has 1 amide bonds. The van der Waals surface area contributed by atoms with E-state index in [0.717, 1.165) is 28.1 Å². The molecule has 0 atom stereocenters. The second-order valence-corrected chi connectivity index (χ2v) is 6.89. The molecule has 1 saturated carbocycles. The lowest BCUT2D eigenvalue weighted by Gasteiger charge is -2.22. The molecule has 2 aromatic heterocycles. The average Bonchev–Trinajstić information content (AvgIpc) is 2.95. The fourth-order valence-corrected chi connectivity index (χ4v) is 4.28. The molecule has 0 saturated heterocycles. The first-order valence-corrected chi connectivity index (χ1v) is 8.80. The van der Waals surface area contributed by atoms with Gasteiger partial charge >= 0.3 is 0 Å². The summed E-state index contributed by atoms with van der Waals surface area (Å²) >= 11 is 3.12. The Morgan fingerprint density at radius 1 is 1.35 bits per heavy atom. The molecule has 0 aliphatic heterocycles. The average molecular weight is 307 g/mol. The van der Waals surface area contributed by atoms with Gasteiger partial charge in [0.2, 0.25) is 5.91 Å². The standard InChI is InChI=1S/C14H17N3OS2/c18-12(17-10-4-2-1-3-5-10)8-20-14-13-11(6-7-19-13)15-9-16-14/h6-7,9-10H,1-5,8H2,(H,17,18). The van der Waals surface area contributed by atoms with E-state index in [1.807, 2.05) is 11.4 Å². The molecular formula is C14H17N3OS2. The first-order chi connectivity index (χ1) is 9.83. The van der Waals surface area contributed by atoms with Crippen molar-refractivity contribution in [1.82, 2.24) is 15.3 Å². The van der Waals surface area contributed by atoms with Crippen LogP contribution in [0.4, 0.5) is 0 Å². The maximum Gasteiger partial charge on any atom is 0.230 e. The number of amides is 1. The van der Waals surface area contributed by atoms with Crippen LogP contribution in [0.3, 0.4) is 0 Å². The number of carbonyl (C=O) groups excluding carboxylic acids is 1. The second-order valence-electron chi connectivity index (χ2n) is 5.00. The van der Waals surface area contributed by atoms with Crippen LogP contribution < -0.4 is 5.32 Å². The van der Waals surface area contributed by atoms with E-state index in [9.17, 15) is 4.79 Å². The molecule has 106 valence electrons. The van der Waals surface area contributed by atoms with Crippen LogP contribution in [0.2, 0.25) is 0 Å². The van der Waals surface area contributed by atoms with E-state index in [1.54, 1.807) is 17.7 Å². The number of thioether (sulfide) groups is 1. The van der Waals surface area contributed by atoms with E-state index in [-0.39, 0.29) is 5.91 Å². The van der Waals surface area contributed by atoms with Crippen LogP contribution in [0.25, 0.3) is 10.2 Å². The molecule has 2 heterocycles. The minimum Gasteiger partial charge on any atom is -0.353 e. The lowest BCUT2D eigenvalue weighted by Crippen LogP contribution is -2.37. The summed E-state index contributed by atoms with van der Waals surface area (Å²) in [5.41, 5.74) is 0.959. The molecule has 0 aromatic carbocycles. The zero-order valence-corrected chi connectivity index (χ0v) is 12.8. The van der Waals surface area contributed by atoms with E-state index in [2.05, 4.69) is 15.3 Å². The summed E-state index contributed by atoms with van der Waals surface area (Å²) in [4.78, 5) is 20.5. The van der Waals surface area contributed by atoms with Crippen LogP contribution in [0.1, 0.15) is 32.1 Å². The fourth-order valence-electron chi connectivity index (χ4n) is 2.52. The zero-order valence-electron chi connectivity index (χ0n) is 11.2. The molecule has 1 fully saturated rings. The summed E-state index contributed by atoms with van der Waals surface area (Å²) in [6.07, 6.45) is 7.59. The van der Waals surface area contributed by atoms with Gasteiger partial charge in [-0.2, -0.15) is 0 Å². The van der Waals surface area contributed by atoms with Crippen molar-refractivity contribution in [2.24, 2.45) is 0 Å². The van der Waals surface area contributed by atoms with Crippen LogP contribution in [0, 0.1) is 0 Å². The number of hydrogen-bond donors (Lipinski definition) is 1. The van der Waals surface area contributed by atoms with Crippen molar-refractivity contribution in [3.05, 3.63) is 17.8 Å². The summed E-state index contributed by atoms with van der Waals surface area (Å²) in [6.45, 7) is 0. The van der Waals surface area contributed by atoms with Gasteiger partial charge in [-0.05, 0) is 24.3 Å². The highest BCUT2D eigenvalue weighted by Crippen LogP contribution is 2.28. The van der Waals surface area contributed by atoms with Crippen molar-refractivity contribution in [1.29, 1.82) is 0 Å². The summed E-state index contributed by atoms with van der Waals surface area (Å²) in [5.74, 6) is 0.547. The van der Waals surface area contributed by atoms with Crippen LogP contribution in [0.15, 0.2) is 22.8 Å². The number of aromatic nitrogens is 2. The Balaban J connectivity index is 1.56. The molecule has 1 aliphatic carbocycles. The molecule has 1 N–H and O–H groups in total. The molecule has 0 spiro atoms. The minimum absolute atomic E-state index is 0.116. The van der Waals surface area contributed by atoms with Crippen molar-refractivity contribution in [2.45, 2.75) is 43.2 Å². The topological polar surface area (TPSA) is 54.9 Å². The van der Waals surface area contributed by atoms with Crippen molar-refractivity contribution in [2.75, 3.05) is 5.75 Å². The van der Waals surface area contributed by atoms with Crippen LogP contribution >= 0.6 is 23.1 Å². The highest BCUT2D eigenvalue weighted by atomic mass is 32.2. The first-order valence-electron chi connectivity index (χ1n) is 6.93. The van der Waals surface area contributed by atoms with Crippen molar-refractivity contribution < 1.29 is 4.79 Å². The Morgan fingerprint density at radius 2 is 2.20 bits per heavy atom. The third-order valence-corrected chi connectivity index (χ3v) is 5.55. The number of rotatable bonds is 4. The highest BCUT2D eigenvalue weighted by molar-refractivity contribution is 8.00. The summed E-state index contributed by atoms with van der Waals surface area (Å²) in [5, 5.41) is 6.04. The predicted octanol–water partition coefficient (Wildman–Crippen LogP) is 3.23. The van der Waals surface area contributed by atoms with E-state index < -0.39 is 0 Å². The van der Waals surface area contributed by atoms with Crippen molar-refractivity contribution in [3.63, 3.8) is 0 Å². The lowest BCUT2D eigenvalue weighted by atomic mass is 9.95. The molecule has 1 aliphatic rings. The summed E-state index contributed by atoms with van der Waals surface area (Å²) < 4.78 is 1.07. The van der Waals surface area contributed by atoms with Gasteiger partial charge in [-0.15, -0.1) is 11.3 Å². The number of thiophene rings is 1. The molecular weight excluding hydrogens is 290 g/mol. The minimum atomic E-state index is 0.116. The predicted molar refractivity (Wildman–Crippen MR) is 83.2 cm³/mol.